The molecule has 0 aliphatic carbocycles. The third-order valence-corrected chi connectivity index (χ3v) is 4.20. The van der Waals surface area contributed by atoms with Crippen molar-refractivity contribution in [2.24, 2.45) is 5.92 Å². The maximum Gasteiger partial charge on any atom is 0.115 e. The van der Waals surface area contributed by atoms with Gasteiger partial charge in [-0.1, -0.05) is 80.9 Å². The van der Waals surface area contributed by atoms with Crippen LogP contribution in [0.2, 0.25) is 0 Å². The summed E-state index contributed by atoms with van der Waals surface area (Å²) < 4.78 is 0. The van der Waals surface area contributed by atoms with Crippen molar-refractivity contribution in [2.45, 2.75) is 38.7 Å². The summed E-state index contributed by atoms with van der Waals surface area (Å²) in [6, 6.07) is 20.0. The van der Waals surface area contributed by atoms with Crippen LogP contribution in [0.3, 0.4) is 0 Å². The van der Waals surface area contributed by atoms with Crippen LogP contribution in [-0.2, 0) is 5.60 Å². The molecule has 1 N–H and O–H groups in total. The lowest BCUT2D eigenvalue weighted by Gasteiger charge is -2.30. The van der Waals surface area contributed by atoms with Crippen molar-refractivity contribution in [3.63, 3.8) is 0 Å². The lowest BCUT2D eigenvalue weighted by molar-refractivity contribution is 0.0639. The first kappa shape index (κ1) is 14.8. The van der Waals surface area contributed by atoms with Crippen molar-refractivity contribution in [1.82, 2.24) is 0 Å². The molecule has 1 heteroatoms. The zero-order chi connectivity index (χ0) is 14.4. The first-order valence-electron chi connectivity index (χ1n) is 7.50. The molecule has 2 aromatic rings. The maximum absolute atomic E-state index is 11.3. The molecule has 0 radical (unpaired) electrons. The molecule has 0 aliphatic heterocycles. The highest BCUT2D eigenvalue weighted by Gasteiger charge is 2.31. The molecule has 106 valence electrons. The molecule has 0 aromatic heterocycles. The molecule has 0 heterocycles. The summed E-state index contributed by atoms with van der Waals surface area (Å²) in [5, 5.41) is 11.3. The first-order valence-corrected chi connectivity index (χ1v) is 7.50. The van der Waals surface area contributed by atoms with Crippen LogP contribution < -0.4 is 0 Å². The Balaban J connectivity index is 2.33. The molecule has 0 unspecified atom stereocenters. The van der Waals surface area contributed by atoms with E-state index < -0.39 is 5.60 Å². The van der Waals surface area contributed by atoms with E-state index in [0.717, 1.165) is 30.4 Å². The highest BCUT2D eigenvalue weighted by Crippen LogP contribution is 2.35. The van der Waals surface area contributed by atoms with Gasteiger partial charge >= 0.3 is 0 Å². The summed E-state index contributed by atoms with van der Waals surface area (Å²) in [4.78, 5) is 0. The fourth-order valence-corrected chi connectivity index (χ4v) is 2.54. The van der Waals surface area contributed by atoms with Gasteiger partial charge < -0.3 is 5.11 Å². The topological polar surface area (TPSA) is 20.2 Å². The van der Waals surface area contributed by atoms with Crippen molar-refractivity contribution < 1.29 is 5.11 Å². The van der Waals surface area contributed by atoms with Crippen molar-refractivity contribution in [3.05, 3.63) is 71.8 Å². The minimum Gasteiger partial charge on any atom is -0.380 e. The molecule has 0 saturated carbocycles. The van der Waals surface area contributed by atoms with Gasteiger partial charge in [0.05, 0.1) is 0 Å². The Morgan fingerprint density at radius 2 is 1.35 bits per heavy atom. The summed E-state index contributed by atoms with van der Waals surface area (Å²) in [6.45, 7) is 4.45. The minimum atomic E-state index is -0.883. The molecule has 0 spiro atoms. The summed E-state index contributed by atoms with van der Waals surface area (Å²) in [6.07, 6.45) is 2.94. The van der Waals surface area contributed by atoms with Crippen LogP contribution in [0, 0.1) is 5.92 Å². The lowest BCUT2D eigenvalue weighted by Crippen LogP contribution is -2.27. The van der Waals surface area contributed by atoms with Gasteiger partial charge in [-0.2, -0.15) is 0 Å². The Kier molecular flexibility index (Phi) is 4.97. The van der Waals surface area contributed by atoms with Gasteiger partial charge in [0, 0.05) is 0 Å². The Labute approximate surface area is 122 Å². The normalized spacial score (nSPS) is 13.2. The van der Waals surface area contributed by atoms with E-state index in [1.54, 1.807) is 0 Å². The van der Waals surface area contributed by atoms with Crippen LogP contribution >= 0.6 is 0 Å². The van der Waals surface area contributed by atoms with Gasteiger partial charge in [0.25, 0.3) is 0 Å². The molecule has 0 aliphatic rings. The quantitative estimate of drug-likeness (QED) is 0.801. The van der Waals surface area contributed by atoms with Crippen LogP contribution in [0.1, 0.15) is 44.2 Å². The number of aliphatic hydroxyl groups is 1. The molecule has 1 atom stereocenters. The van der Waals surface area contributed by atoms with E-state index in [4.69, 9.17) is 0 Å². The van der Waals surface area contributed by atoms with E-state index in [0.29, 0.717) is 5.92 Å². The molecule has 2 rings (SSSR count). The van der Waals surface area contributed by atoms with Crippen LogP contribution in [0.15, 0.2) is 60.7 Å². The average Bonchev–Trinajstić information content (AvgIpc) is 2.54. The van der Waals surface area contributed by atoms with Crippen molar-refractivity contribution >= 4 is 0 Å². The molecule has 0 saturated heterocycles. The van der Waals surface area contributed by atoms with E-state index >= 15 is 0 Å². The molecular formula is C19H24O. The van der Waals surface area contributed by atoms with Crippen LogP contribution in [0.4, 0.5) is 0 Å². The Morgan fingerprint density at radius 3 is 1.75 bits per heavy atom. The third-order valence-electron chi connectivity index (χ3n) is 4.20. The van der Waals surface area contributed by atoms with E-state index in [1.807, 2.05) is 60.7 Å². The average molecular weight is 268 g/mol. The molecule has 0 bridgehead atoms. The zero-order valence-electron chi connectivity index (χ0n) is 12.4. The second-order valence-corrected chi connectivity index (χ2v) is 5.64. The van der Waals surface area contributed by atoms with Gasteiger partial charge in [-0.25, -0.2) is 0 Å². The maximum atomic E-state index is 11.3. The smallest absolute Gasteiger partial charge is 0.115 e. The standard InChI is InChI=1S/C19H24O/c1-3-16(2)14-15-19(20,17-10-6-4-7-11-17)18-12-8-5-9-13-18/h4-13,16,20H,3,14-15H2,1-2H3/t16-/m1/s1. The SMILES string of the molecule is CC[C@@H](C)CCC(O)(c1ccccc1)c1ccccc1. The predicted molar refractivity (Wildman–Crippen MR) is 84.6 cm³/mol. The third kappa shape index (κ3) is 3.29. The number of benzene rings is 2. The highest BCUT2D eigenvalue weighted by atomic mass is 16.3. The van der Waals surface area contributed by atoms with Crippen molar-refractivity contribution in [3.8, 4) is 0 Å². The fraction of sp³-hybridized carbons (Fsp3) is 0.368. The predicted octanol–water partition coefficient (Wildman–Crippen LogP) is 4.75. The van der Waals surface area contributed by atoms with E-state index in [-0.39, 0.29) is 0 Å². The van der Waals surface area contributed by atoms with E-state index in [9.17, 15) is 5.11 Å². The van der Waals surface area contributed by atoms with Gasteiger partial charge in [0.2, 0.25) is 0 Å². The van der Waals surface area contributed by atoms with Gasteiger partial charge in [-0.05, 0) is 29.9 Å². The first-order chi connectivity index (χ1) is 9.66. The van der Waals surface area contributed by atoms with Gasteiger partial charge in [-0.15, -0.1) is 0 Å². The molecule has 2 aromatic carbocycles. The number of hydrogen-bond acceptors (Lipinski definition) is 1. The Hall–Kier alpha value is -1.60. The summed E-state index contributed by atoms with van der Waals surface area (Å²) in [7, 11) is 0. The van der Waals surface area contributed by atoms with Gasteiger partial charge in [0.1, 0.15) is 5.60 Å². The monoisotopic (exact) mass is 268 g/mol. The molecule has 20 heavy (non-hydrogen) atoms. The summed E-state index contributed by atoms with van der Waals surface area (Å²) >= 11 is 0. The molecular weight excluding hydrogens is 244 g/mol. The second-order valence-electron chi connectivity index (χ2n) is 5.64. The Morgan fingerprint density at radius 1 is 0.900 bits per heavy atom. The highest BCUT2D eigenvalue weighted by molar-refractivity contribution is 5.35. The van der Waals surface area contributed by atoms with Crippen LogP contribution in [-0.4, -0.2) is 5.11 Å². The van der Waals surface area contributed by atoms with E-state index in [2.05, 4.69) is 13.8 Å². The van der Waals surface area contributed by atoms with Crippen molar-refractivity contribution in [2.75, 3.05) is 0 Å². The molecule has 0 fully saturated rings. The molecule has 0 amide bonds. The fourth-order valence-electron chi connectivity index (χ4n) is 2.54. The molecule has 1 nitrogen and oxygen atoms in total. The summed E-state index contributed by atoms with van der Waals surface area (Å²) in [5.41, 5.74) is 1.08. The van der Waals surface area contributed by atoms with Crippen molar-refractivity contribution in [1.29, 1.82) is 0 Å². The lowest BCUT2D eigenvalue weighted by atomic mass is 9.81. The second kappa shape index (κ2) is 6.71. The van der Waals surface area contributed by atoms with Gasteiger partial charge in [-0.3, -0.25) is 0 Å². The zero-order valence-corrected chi connectivity index (χ0v) is 12.4. The number of hydrogen-bond donors (Lipinski definition) is 1. The minimum absolute atomic E-state index is 0.633. The van der Waals surface area contributed by atoms with Crippen LogP contribution in [0.25, 0.3) is 0 Å². The summed E-state index contributed by atoms with van der Waals surface area (Å²) in [5.74, 6) is 0.633. The number of rotatable bonds is 6. The largest absolute Gasteiger partial charge is 0.380 e. The van der Waals surface area contributed by atoms with Crippen LogP contribution in [0.5, 0.6) is 0 Å². The Bertz CT molecular complexity index is 464. The van der Waals surface area contributed by atoms with Gasteiger partial charge in [0.15, 0.2) is 0 Å². The van der Waals surface area contributed by atoms with E-state index in [1.165, 1.54) is 0 Å².